The number of hydrogen-bond acceptors (Lipinski definition) is 3. The Bertz CT molecular complexity index is 451. The van der Waals surface area contributed by atoms with E-state index in [1.807, 2.05) is 0 Å². The maximum absolute atomic E-state index is 11.0. The molecule has 0 unspecified atom stereocenters. The molecule has 0 saturated carbocycles. The molecular formula is C9H9ClO3S. The van der Waals surface area contributed by atoms with Crippen LogP contribution in [0.4, 0.5) is 0 Å². The molecule has 0 radical (unpaired) electrons. The molecule has 0 heterocycles. The van der Waals surface area contributed by atoms with Crippen LogP contribution in [0.2, 0.25) is 5.02 Å². The van der Waals surface area contributed by atoms with Crippen LogP contribution in [0.5, 0.6) is 5.75 Å². The molecule has 0 bridgehead atoms. The van der Waals surface area contributed by atoms with Crippen molar-refractivity contribution < 1.29 is 12.6 Å². The molecule has 0 aliphatic heterocycles. The first-order chi connectivity index (χ1) is 6.44. The zero-order valence-electron chi connectivity index (χ0n) is 7.53. The first-order valence-electron chi connectivity index (χ1n) is 3.78. The Balaban J connectivity index is 3.05. The molecule has 1 aromatic rings. The molecular weight excluding hydrogens is 224 g/mol. The predicted octanol–water partition coefficient (Wildman–Crippen LogP) is 2.50. The summed E-state index contributed by atoms with van der Waals surface area (Å²) in [5.41, 5.74) is 0.655. The van der Waals surface area contributed by atoms with Gasteiger partial charge in [-0.05, 0) is 30.7 Å². The highest BCUT2D eigenvalue weighted by Crippen LogP contribution is 2.23. The molecule has 5 heteroatoms. The number of benzene rings is 1. The summed E-state index contributed by atoms with van der Waals surface area (Å²) in [5.74, 6) is 0.259. The summed E-state index contributed by atoms with van der Waals surface area (Å²) in [7, 11) is -3.69. The molecule has 0 spiro atoms. The summed E-state index contributed by atoms with van der Waals surface area (Å²) >= 11 is 5.70. The molecule has 0 atom stereocenters. The van der Waals surface area contributed by atoms with E-state index in [1.165, 1.54) is 6.07 Å². The van der Waals surface area contributed by atoms with Gasteiger partial charge in [0.1, 0.15) is 5.75 Å². The first-order valence-corrected chi connectivity index (χ1v) is 5.62. The molecule has 0 fully saturated rings. The van der Waals surface area contributed by atoms with Gasteiger partial charge in [0.15, 0.2) is 0 Å². The molecule has 14 heavy (non-hydrogen) atoms. The predicted molar refractivity (Wildman–Crippen MR) is 55.9 cm³/mol. The van der Waals surface area contributed by atoms with Gasteiger partial charge >= 0.3 is 10.1 Å². The Labute approximate surface area is 88.1 Å². The SMILES string of the molecule is C=CS(=O)(=O)Oc1ccc(Cl)cc1C. The van der Waals surface area contributed by atoms with Crippen molar-refractivity contribution in [3.05, 3.63) is 40.8 Å². The lowest BCUT2D eigenvalue weighted by molar-refractivity contribution is 0.495. The lowest BCUT2D eigenvalue weighted by Gasteiger charge is -2.06. The van der Waals surface area contributed by atoms with E-state index in [1.54, 1.807) is 19.1 Å². The van der Waals surface area contributed by atoms with Gasteiger partial charge in [-0.2, -0.15) is 8.42 Å². The highest BCUT2D eigenvalue weighted by molar-refractivity contribution is 7.90. The summed E-state index contributed by atoms with van der Waals surface area (Å²) in [6.45, 7) is 4.84. The summed E-state index contributed by atoms with van der Waals surface area (Å²) in [6.07, 6.45) is 0. The van der Waals surface area contributed by atoms with Gasteiger partial charge in [0.05, 0.1) is 5.41 Å². The molecule has 0 aliphatic rings. The third-order valence-corrected chi connectivity index (χ3v) is 2.60. The van der Waals surface area contributed by atoms with Crippen molar-refractivity contribution in [2.24, 2.45) is 0 Å². The maximum Gasteiger partial charge on any atom is 0.331 e. The molecule has 0 N–H and O–H groups in total. The fourth-order valence-electron chi connectivity index (χ4n) is 0.865. The van der Waals surface area contributed by atoms with Gasteiger partial charge in [-0.25, -0.2) is 0 Å². The van der Waals surface area contributed by atoms with Gasteiger partial charge in [-0.1, -0.05) is 18.2 Å². The number of aryl methyl sites for hydroxylation is 1. The monoisotopic (exact) mass is 232 g/mol. The minimum absolute atomic E-state index is 0.259. The van der Waals surface area contributed by atoms with Crippen molar-refractivity contribution in [1.82, 2.24) is 0 Å². The van der Waals surface area contributed by atoms with E-state index >= 15 is 0 Å². The Morgan fingerprint density at radius 3 is 2.64 bits per heavy atom. The Morgan fingerprint density at radius 2 is 2.14 bits per heavy atom. The van der Waals surface area contributed by atoms with E-state index in [0.717, 1.165) is 5.41 Å². The lowest BCUT2D eigenvalue weighted by atomic mass is 10.2. The minimum Gasteiger partial charge on any atom is -0.379 e. The number of halogens is 1. The zero-order valence-corrected chi connectivity index (χ0v) is 9.10. The fourth-order valence-corrected chi connectivity index (χ4v) is 1.60. The minimum atomic E-state index is -3.69. The van der Waals surface area contributed by atoms with Crippen molar-refractivity contribution in [2.75, 3.05) is 0 Å². The van der Waals surface area contributed by atoms with Gasteiger partial charge < -0.3 is 4.18 Å². The van der Waals surface area contributed by atoms with E-state index in [9.17, 15) is 8.42 Å². The van der Waals surface area contributed by atoms with E-state index in [4.69, 9.17) is 15.8 Å². The molecule has 0 amide bonds. The molecule has 3 nitrogen and oxygen atoms in total. The van der Waals surface area contributed by atoms with Crippen LogP contribution in [0, 0.1) is 6.92 Å². The van der Waals surface area contributed by atoms with E-state index in [-0.39, 0.29) is 5.75 Å². The van der Waals surface area contributed by atoms with E-state index in [0.29, 0.717) is 10.6 Å². The summed E-state index contributed by atoms with van der Waals surface area (Å²) in [6, 6.07) is 4.68. The van der Waals surface area contributed by atoms with E-state index in [2.05, 4.69) is 6.58 Å². The molecule has 0 saturated heterocycles. The van der Waals surface area contributed by atoms with Gasteiger partial charge in [-0.15, -0.1) is 0 Å². The van der Waals surface area contributed by atoms with Crippen molar-refractivity contribution in [3.63, 3.8) is 0 Å². The van der Waals surface area contributed by atoms with Gasteiger partial charge in [0.2, 0.25) is 0 Å². The standard InChI is InChI=1S/C9H9ClO3S/c1-3-14(11,12)13-9-5-4-8(10)6-7(9)2/h3-6H,1H2,2H3. The molecule has 76 valence electrons. The highest BCUT2D eigenvalue weighted by atomic mass is 35.5. The quantitative estimate of drug-likeness (QED) is 0.752. The lowest BCUT2D eigenvalue weighted by Crippen LogP contribution is -2.05. The normalized spacial score (nSPS) is 11.0. The van der Waals surface area contributed by atoms with Crippen LogP contribution in [0.1, 0.15) is 5.56 Å². The Kier molecular flexibility index (Phi) is 3.18. The van der Waals surface area contributed by atoms with Gasteiger partial charge in [-0.3, -0.25) is 0 Å². The summed E-state index contributed by atoms with van der Waals surface area (Å²) in [5, 5.41) is 1.28. The van der Waals surface area contributed by atoms with Crippen molar-refractivity contribution in [2.45, 2.75) is 6.92 Å². The summed E-state index contributed by atoms with van der Waals surface area (Å²) < 4.78 is 26.8. The second-order valence-electron chi connectivity index (χ2n) is 2.65. The average molecular weight is 233 g/mol. The van der Waals surface area contributed by atoms with Gasteiger partial charge in [0, 0.05) is 5.02 Å². The van der Waals surface area contributed by atoms with Crippen LogP contribution < -0.4 is 4.18 Å². The van der Waals surface area contributed by atoms with Crippen LogP contribution in [0.15, 0.2) is 30.2 Å². The first kappa shape index (κ1) is 11.1. The van der Waals surface area contributed by atoms with Crippen molar-refractivity contribution in [3.8, 4) is 5.75 Å². The van der Waals surface area contributed by atoms with Crippen LogP contribution in [-0.4, -0.2) is 8.42 Å². The molecule has 1 rings (SSSR count). The Morgan fingerprint density at radius 1 is 1.50 bits per heavy atom. The fraction of sp³-hybridized carbons (Fsp3) is 0.111. The van der Waals surface area contributed by atoms with Crippen LogP contribution in [-0.2, 0) is 10.1 Å². The zero-order chi connectivity index (χ0) is 10.8. The third-order valence-electron chi connectivity index (χ3n) is 1.55. The molecule has 1 aromatic carbocycles. The summed E-state index contributed by atoms with van der Waals surface area (Å²) in [4.78, 5) is 0. The molecule has 0 aliphatic carbocycles. The van der Waals surface area contributed by atoms with Crippen LogP contribution in [0.25, 0.3) is 0 Å². The number of hydrogen-bond donors (Lipinski definition) is 0. The van der Waals surface area contributed by atoms with Crippen molar-refractivity contribution in [1.29, 1.82) is 0 Å². The Hall–Kier alpha value is -1.00. The average Bonchev–Trinajstić information content (AvgIpc) is 2.10. The van der Waals surface area contributed by atoms with Crippen LogP contribution in [0.3, 0.4) is 0 Å². The number of rotatable bonds is 3. The largest absolute Gasteiger partial charge is 0.379 e. The van der Waals surface area contributed by atoms with E-state index < -0.39 is 10.1 Å². The highest BCUT2D eigenvalue weighted by Gasteiger charge is 2.09. The second kappa shape index (κ2) is 4.02. The van der Waals surface area contributed by atoms with Crippen molar-refractivity contribution >= 4 is 21.7 Å². The van der Waals surface area contributed by atoms with Crippen LogP contribution >= 0.6 is 11.6 Å². The third kappa shape index (κ3) is 2.75. The van der Waals surface area contributed by atoms with Gasteiger partial charge in [0.25, 0.3) is 0 Å². The smallest absolute Gasteiger partial charge is 0.331 e. The second-order valence-corrected chi connectivity index (χ2v) is 4.57. The molecule has 0 aromatic heterocycles. The maximum atomic E-state index is 11.0. The topological polar surface area (TPSA) is 43.4 Å².